The molecule has 37 heavy (non-hydrogen) atoms. The van der Waals surface area contributed by atoms with Crippen LogP contribution in [0.5, 0.6) is 11.5 Å². The van der Waals surface area contributed by atoms with Crippen molar-refractivity contribution in [1.82, 2.24) is 10.2 Å². The fraction of sp³-hybridized carbons (Fsp3) is 0.407. The van der Waals surface area contributed by atoms with Gasteiger partial charge in [-0.05, 0) is 43.5 Å². The highest BCUT2D eigenvalue weighted by atomic mass is 16.5. The van der Waals surface area contributed by atoms with Crippen molar-refractivity contribution in [3.8, 4) is 11.5 Å². The molecule has 2 saturated heterocycles. The molecule has 0 bridgehead atoms. The van der Waals surface area contributed by atoms with E-state index in [0.717, 1.165) is 11.1 Å². The normalized spacial score (nSPS) is 25.9. The molecule has 2 fully saturated rings. The third-order valence-corrected chi connectivity index (χ3v) is 7.74. The fourth-order valence-electron chi connectivity index (χ4n) is 6.02. The minimum Gasteiger partial charge on any atom is -0.493 e. The van der Waals surface area contributed by atoms with Crippen molar-refractivity contribution < 1.29 is 28.7 Å². The monoisotopic (exact) mass is 506 g/mol. The Morgan fingerprint density at radius 3 is 2.51 bits per heavy atom. The number of fused-ring (bicyclic) bond motifs is 4. The Bertz CT molecular complexity index is 1310. The van der Waals surface area contributed by atoms with Crippen molar-refractivity contribution >= 4 is 29.3 Å². The van der Waals surface area contributed by atoms with Gasteiger partial charge in [-0.15, -0.1) is 0 Å². The SMILES string of the molecule is COc1ccc(CCN2C(=O)[C@H]3[C@@H](C2=O)[C@]2(N[C@@H]3CCC(N)=O)C(=O)Nc3ccc(C)cc32)cc1OC. The summed E-state index contributed by atoms with van der Waals surface area (Å²) in [6, 6.07) is 10.4. The Morgan fingerprint density at radius 2 is 1.81 bits per heavy atom. The van der Waals surface area contributed by atoms with Crippen LogP contribution in [0.3, 0.4) is 0 Å². The topological polar surface area (TPSA) is 140 Å². The Kier molecular flexibility index (Phi) is 6.15. The van der Waals surface area contributed by atoms with E-state index in [1.165, 1.54) is 4.90 Å². The standard InChI is InChI=1S/C27H30N4O6/c1-14-4-6-17-16(12-14)27(26(35)29-17)23-22(18(30-27)7-9-21(28)32)24(33)31(25(23)34)11-10-15-5-8-19(36-2)20(13-15)37-3/h4-6,8,12-13,18,22-23,30H,7,9-11H2,1-3H3,(H2,28,32)(H,29,35)/t18-,22-,23+,27+/m1/s1. The van der Waals surface area contributed by atoms with E-state index in [1.807, 2.05) is 31.2 Å². The number of hydrogen-bond acceptors (Lipinski definition) is 7. The summed E-state index contributed by atoms with van der Waals surface area (Å²) in [6.45, 7) is 2.06. The predicted molar refractivity (Wildman–Crippen MR) is 134 cm³/mol. The third-order valence-electron chi connectivity index (χ3n) is 7.74. The number of ether oxygens (including phenoxy) is 2. The number of likely N-dealkylation sites (tertiary alicyclic amines) is 1. The quantitative estimate of drug-likeness (QED) is 0.458. The minimum absolute atomic E-state index is 0.0341. The number of nitrogens with two attached hydrogens (primary N) is 1. The van der Waals surface area contributed by atoms with Gasteiger partial charge in [0.15, 0.2) is 11.5 Å². The summed E-state index contributed by atoms with van der Waals surface area (Å²) in [5.74, 6) is -2.18. The molecule has 0 unspecified atom stereocenters. The highest BCUT2D eigenvalue weighted by molar-refractivity contribution is 6.15. The molecule has 194 valence electrons. The number of imide groups is 1. The van der Waals surface area contributed by atoms with Gasteiger partial charge in [0.05, 0.1) is 26.1 Å². The van der Waals surface area contributed by atoms with Crippen LogP contribution in [0.15, 0.2) is 36.4 Å². The number of methoxy groups -OCH3 is 2. The zero-order chi connectivity index (χ0) is 26.5. The molecule has 4 N–H and O–H groups in total. The molecular weight excluding hydrogens is 476 g/mol. The van der Waals surface area contributed by atoms with Crippen molar-refractivity contribution in [2.75, 3.05) is 26.1 Å². The van der Waals surface area contributed by atoms with E-state index in [4.69, 9.17) is 15.2 Å². The van der Waals surface area contributed by atoms with Crippen LogP contribution in [-0.2, 0) is 31.1 Å². The number of nitrogens with one attached hydrogen (secondary N) is 2. The summed E-state index contributed by atoms with van der Waals surface area (Å²) in [5, 5.41) is 6.21. The summed E-state index contributed by atoms with van der Waals surface area (Å²) >= 11 is 0. The van der Waals surface area contributed by atoms with E-state index >= 15 is 0 Å². The van der Waals surface area contributed by atoms with E-state index in [-0.39, 0.29) is 31.2 Å². The molecule has 3 heterocycles. The molecule has 3 aliphatic heterocycles. The lowest BCUT2D eigenvalue weighted by molar-refractivity contribution is -0.142. The van der Waals surface area contributed by atoms with Crippen molar-refractivity contribution in [1.29, 1.82) is 0 Å². The molecular formula is C27H30N4O6. The van der Waals surface area contributed by atoms with Gasteiger partial charge in [0, 0.05) is 30.3 Å². The molecule has 0 radical (unpaired) electrons. The van der Waals surface area contributed by atoms with Crippen molar-refractivity contribution in [2.45, 2.75) is 37.8 Å². The Labute approximate surface area is 214 Å². The zero-order valence-corrected chi connectivity index (χ0v) is 21.0. The third kappa shape index (κ3) is 3.83. The van der Waals surface area contributed by atoms with Crippen LogP contribution in [0.25, 0.3) is 0 Å². The maximum atomic E-state index is 13.9. The van der Waals surface area contributed by atoms with Crippen LogP contribution in [0.4, 0.5) is 5.69 Å². The summed E-state index contributed by atoms with van der Waals surface area (Å²) < 4.78 is 10.7. The second kappa shape index (κ2) is 9.19. The van der Waals surface area contributed by atoms with Gasteiger partial charge < -0.3 is 20.5 Å². The Balaban J connectivity index is 1.48. The van der Waals surface area contributed by atoms with Crippen LogP contribution in [0.1, 0.15) is 29.5 Å². The van der Waals surface area contributed by atoms with E-state index < -0.39 is 35.2 Å². The number of primary amides is 1. The molecule has 1 spiro atoms. The molecule has 10 nitrogen and oxygen atoms in total. The zero-order valence-electron chi connectivity index (χ0n) is 21.0. The Hall–Kier alpha value is -3.92. The minimum atomic E-state index is -1.39. The van der Waals surface area contributed by atoms with Gasteiger partial charge in [0.1, 0.15) is 5.54 Å². The van der Waals surface area contributed by atoms with Gasteiger partial charge >= 0.3 is 0 Å². The first-order chi connectivity index (χ1) is 17.7. The number of benzene rings is 2. The molecule has 2 aromatic carbocycles. The number of rotatable bonds is 8. The summed E-state index contributed by atoms with van der Waals surface area (Å²) in [5.41, 5.74) is 7.06. The maximum absolute atomic E-state index is 13.9. The number of aryl methyl sites for hydroxylation is 1. The van der Waals surface area contributed by atoms with Crippen molar-refractivity contribution in [3.63, 3.8) is 0 Å². The largest absolute Gasteiger partial charge is 0.493 e. The maximum Gasteiger partial charge on any atom is 0.250 e. The van der Waals surface area contributed by atoms with Gasteiger partial charge in [0.2, 0.25) is 23.6 Å². The highest BCUT2D eigenvalue weighted by Crippen LogP contribution is 2.53. The lowest BCUT2D eigenvalue weighted by Gasteiger charge is -2.29. The Morgan fingerprint density at radius 1 is 1.05 bits per heavy atom. The molecule has 10 heteroatoms. The van der Waals surface area contributed by atoms with E-state index in [2.05, 4.69) is 10.6 Å². The van der Waals surface area contributed by atoms with E-state index in [9.17, 15) is 19.2 Å². The summed E-state index contributed by atoms with van der Waals surface area (Å²) in [4.78, 5) is 53.9. The van der Waals surface area contributed by atoms with Crippen molar-refractivity contribution in [3.05, 3.63) is 53.1 Å². The van der Waals surface area contributed by atoms with Crippen molar-refractivity contribution in [2.24, 2.45) is 17.6 Å². The smallest absolute Gasteiger partial charge is 0.250 e. The van der Waals surface area contributed by atoms with Crippen LogP contribution in [-0.4, -0.2) is 55.3 Å². The number of carbonyl (C=O) groups is 4. The molecule has 0 saturated carbocycles. The van der Waals surface area contributed by atoms with Crippen LogP contribution >= 0.6 is 0 Å². The summed E-state index contributed by atoms with van der Waals surface area (Å²) in [7, 11) is 3.09. The van der Waals surface area contributed by atoms with Crippen LogP contribution in [0, 0.1) is 18.8 Å². The second-order valence-electron chi connectivity index (χ2n) is 9.84. The first-order valence-electron chi connectivity index (χ1n) is 12.3. The van der Waals surface area contributed by atoms with Gasteiger partial charge in [-0.3, -0.25) is 29.4 Å². The lowest BCUT2D eigenvalue weighted by Crippen LogP contribution is -2.53. The number of carbonyl (C=O) groups excluding carboxylic acids is 4. The molecule has 3 aliphatic rings. The fourth-order valence-corrected chi connectivity index (χ4v) is 6.02. The first kappa shape index (κ1) is 24.8. The second-order valence-corrected chi connectivity index (χ2v) is 9.84. The van der Waals surface area contributed by atoms with E-state index in [1.54, 1.807) is 26.4 Å². The lowest BCUT2D eigenvalue weighted by atomic mass is 9.76. The number of nitrogens with zero attached hydrogens (tertiary/aromatic N) is 1. The number of hydrogen-bond donors (Lipinski definition) is 3. The first-order valence-corrected chi connectivity index (χ1v) is 12.3. The predicted octanol–water partition coefficient (Wildman–Crippen LogP) is 1.24. The molecule has 4 amide bonds. The highest BCUT2D eigenvalue weighted by Gasteiger charge is 2.70. The van der Waals surface area contributed by atoms with Gasteiger partial charge in [-0.2, -0.15) is 0 Å². The molecule has 4 atom stereocenters. The van der Waals surface area contributed by atoms with Gasteiger partial charge in [0.25, 0.3) is 0 Å². The molecule has 0 aromatic heterocycles. The molecule has 2 aromatic rings. The number of amides is 4. The van der Waals surface area contributed by atoms with Gasteiger partial charge in [-0.25, -0.2) is 0 Å². The van der Waals surface area contributed by atoms with Crippen LogP contribution < -0.4 is 25.8 Å². The molecule has 5 rings (SSSR count). The average Bonchev–Trinajstić information content (AvgIpc) is 3.45. The van der Waals surface area contributed by atoms with Gasteiger partial charge in [-0.1, -0.05) is 23.8 Å². The molecule has 0 aliphatic carbocycles. The van der Waals surface area contributed by atoms with Crippen LogP contribution in [0.2, 0.25) is 0 Å². The average molecular weight is 507 g/mol. The van der Waals surface area contributed by atoms with E-state index in [0.29, 0.717) is 29.2 Å². The summed E-state index contributed by atoms with van der Waals surface area (Å²) in [6.07, 6.45) is 0.688. The number of anilines is 1.